The standard InChI is InChI=1S/C55H100N2O5/c1-3-5-7-9-11-13-15-17-18-19-20-21-22-23-24-25-26-28-30-32-34-39-43-49-54(59)62-51(45-40-36-33-31-29-27-16-14-12-10-8-6-4-2)46-41-37-35-38-42-48-53(58)57-52(55(60)61)47-44-50-56/h15,17,19-20,22-23,31,33,51-52H,3-14,16,18,21,24-30,32,34-50,56H2,1-2H3,(H,57,58)(H,60,61)/b17-15-,20-19-,23-22-,33-31-. The van der Waals surface area contributed by atoms with Crippen LogP contribution in [0.2, 0.25) is 0 Å². The van der Waals surface area contributed by atoms with Crippen LogP contribution in [0.1, 0.15) is 264 Å². The molecule has 7 heteroatoms. The molecule has 0 spiro atoms. The van der Waals surface area contributed by atoms with Crippen molar-refractivity contribution in [3.8, 4) is 0 Å². The number of esters is 1. The molecule has 0 aromatic rings. The minimum atomic E-state index is -1.01. The van der Waals surface area contributed by atoms with Gasteiger partial charge in [-0.05, 0) is 116 Å². The van der Waals surface area contributed by atoms with Gasteiger partial charge in [0, 0.05) is 12.8 Å². The molecule has 0 aromatic carbocycles. The monoisotopic (exact) mass is 869 g/mol. The summed E-state index contributed by atoms with van der Waals surface area (Å²) in [6, 6.07) is -0.861. The van der Waals surface area contributed by atoms with Crippen molar-refractivity contribution in [3.63, 3.8) is 0 Å². The van der Waals surface area contributed by atoms with Crippen molar-refractivity contribution in [1.82, 2.24) is 5.32 Å². The molecule has 0 saturated heterocycles. The number of carboxylic acids is 1. The van der Waals surface area contributed by atoms with Crippen molar-refractivity contribution < 1.29 is 24.2 Å². The molecule has 2 atom stereocenters. The summed E-state index contributed by atoms with van der Waals surface area (Å²) in [5.74, 6) is -1.25. The Labute approximate surface area is 383 Å². The number of allylic oxidation sites excluding steroid dienone is 8. The van der Waals surface area contributed by atoms with Gasteiger partial charge in [-0.3, -0.25) is 9.59 Å². The molecule has 360 valence electrons. The number of nitrogens with two attached hydrogens (primary N) is 1. The number of rotatable bonds is 48. The smallest absolute Gasteiger partial charge is 0.326 e. The van der Waals surface area contributed by atoms with Crippen LogP contribution in [0.4, 0.5) is 0 Å². The van der Waals surface area contributed by atoms with E-state index in [4.69, 9.17) is 10.5 Å². The molecule has 0 aliphatic heterocycles. The van der Waals surface area contributed by atoms with Crippen molar-refractivity contribution in [3.05, 3.63) is 48.6 Å². The van der Waals surface area contributed by atoms with E-state index in [0.717, 1.165) is 89.9 Å². The van der Waals surface area contributed by atoms with E-state index >= 15 is 0 Å². The Morgan fingerprint density at radius 2 is 0.855 bits per heavy atom. The predicted molar refractivity (Wildman–Crippen MR) is 266 cm³/mol. The molecule has 62 heavy (non-hydrogen) atoms. The van der Waals surface area contributed by atoms with Crippen LogP contribution < -0.4 is 11.1 Å². The number of carboxylic acid groups (broad SMARTS) is 1. The average molecular weight is 869 g/mol. The number of aliphatic carboxylic acids is 1. The number of amides is 1. The first kappa shape index (κ1) is 59.3. The summed E-state index contributed by atoms with van der Waals surface area (Å²) < 4.78 is 6.07. The second kappa shape index (κ2) is 49.3. The zero-order chi connectivity index (χ0) is 45.2. The molecule has 0 rings (SSSR count). The molecule has 0 heterocycles. The molecular formula is C55H100N2O5. The zero-order valence-electron chi connectivity index (χ0n) is 40.7. The average Bonchev–Trinajstić information content (AvgIpc) is 3.26. The number of carbonyl (C=O) groups excluding carboxylic acids is 2. The van der Waals surface area contributed by atoms with Crippen LogP contribution >= 0.6 is 0 Å². The molecule has 0 aromatic heterocycles. The van der Waals surface area contributed by atoms with E-state index in [1.807, 2.05) is 0 Å². The van der Waals surface area contributed by atoms with Gasteiger partial charge in [-0.2, -0.15) is 0 Å². The van der Waals surface area contributed by atoms with E-state index in [0.29, 0.717) is 32.2 Å². The minimum absolute atomic E-state index is 0.0240. The Morgan fingerprint density at radius 3 is 1.34 bits per heavy atom. The van der Waals surface area contributed by atoms with Gasteiger partial charge in [0.25, 0.3) is 0 Å². The highest BCUT2D eigenvalue weighted by Gasteiger charge is 2.19. The van der Waals surface area contributed by atoms with Crippen LogP contribution in [0.25, 0.3) is 0 Å². The summed E-state index contributed by atoms with van der Waals surface area (Å²) in [7, 11) is 0. The minimum Gasteiger partial charge on any atom is -0.480 e. The number of unbranched alkanes of at least 4 members (excludes halogenated alkanes) is 26. The lowest BCUT2D eigenvalue weighted by Gasteiger charge is -2.18. The van der Waals surface area contributed by atoms with E-state index in [2.05, 4.69) is 67.8 Å². The molecule has 0 fully saturated rings. The largest absolute Gasteiger partial charge is 0.480 e. The first-order valence-corrected chi connectivity index (χ1v) is 26.5. The van der Waals surface area contributed by atoms with E-state index in [9.17, 15) is 19.5 Å². The van der Waals surface area contributed by atoms with Crippen molar-refractivity contribution in [2.45, 2.75) is 276 Å². The van der Waals surface area contributed by atoms with Gasteiger partial charge >= 0.3 is 11.9 Å². The topological polar surface area (TPSA) is 119 Å². The highest BCUT2D eigenvalue weighted by molar-refractivity contribution is 5.83. The van der Waals surface area contributed by atoms with E-state index in [1.54, 1.807) is 0 Å². The van der Waals surface area contributed by atoms with Gasteiger partial charge in [-0.25, -0.2) is 4.79 Å². The second-order valence-electron chi connectivity index (χ2n) is 17.9. The normalized spacial score (nSPS) is 13.0. The third-order valence-electron chi connectivity index (χ3n) is 11.9. The quantitative estimate of drug-likeness (QED) is 0.0318. The zero-order valence-corrected chi connectivity index (χ0v) is 40.7. The highest BCUT2D eigenvalue weighted by atomic mass is 16.5. The molecule has 1 amide bonds. The van der Waals surface area contributed by atoms with Gasteiger partial charge in [-0.1, -0.05) is 191 Å². The Morgan fingerprint density at radius 1 is 0.468 bits per heavy atom. The molecule has 2 unspecified atom stereocenters. The Kier molecular flexibility index (Phi) is 47.2. The van der Waals surface area contributed by atoms with Crippen LogP contribution in [0.3, 0.4) is 0 Å². The number of carbonyl (C=O) groups is 3. The van der Waals surface area contributed by atoms with Crippen LogP contribution in [0.15, 0.2) is 48.6 Å². The number of hydrogen-bond donors (Lipinski definition) is 3. The molecule has 4 N–H and O–H groups in total. The fourth-order valence-corrected chi connectivity index (χ4v) is 7.87. The second-order valence-corrected chi connectivity index (χ2v) is 17.9. The molecule has 0 aliphatic carbocycles. The summed E-state index contributed by atoms with van der Waals surface area (Å²) >= 11 is 0. The van der Waals surface area contributed by atoms with Crippen LogP contribution in [-0.2, 0) is 19.1 Å². The fourth-order valence-electron chi connectivity index (χ4n) is 7.87. The number of nitrogens with one attached hydrogen (secondary N) is 1. The lowest BCUT2D eigenvalue weighted by atomic mass is 10.0. The van der Waals surface area contributed by atoms with Gasteiger partial charge in [-0.15, -0.1) is 0 Å². The van der Waals surface area contributed by atoms with Gasteiger partial charge < -0.3 is 20.9 Å². The first-order chi connectivity index (χ1) is 30.4. The molecular weight excluding hydrogens is 769 g/mol. The number of hydrogen-bond acceptors (Lipinski definition) is 5. The molecule has 0 radical (unpaired) electrons. The van der Waals surface area contributed by atoms with Crippen molar-refractivity contribution in [2.75, 3.05) is 6.54 Å². The Bertz CT molecular complexity index is 1110. The van der Waals surface area contributed by atoms with Crippen LogP contribution in [-0.4, -0.2) is 41.6 Å². The molecule has 0 bridgehead atoms. The summed E-state index contributed by atoms with van der Waals surface area (Å²) in [6.07, 6.45) is 61.7. The van der Waals surface area contributed by atoms with Gasteiger partial charge in [0.05, 0.1) is 0 Å². The molecule has 0 saturated carbocycles. The lowest BCUT2D eigenvalue weighted by Crippen LogP contribution is -2.40. The number of ether oxygens (including phenoxy) is 1. The Balaban J connectivity index is 4.26. The highest BCUT2D eigenvalue weighted by Crippen LogP contribution is 2.18. The van der Waals surface area contributed by atoms with Gasteiger partial charge in [0.2, 0.25) is 5.91 Å². The third-order valence-corrected chi connectivity index (χ3v) is 11.9. The lowest BCUT2D eigenvalue weighted by molar-refractivity contribution is -0.150. The molecule has 7 nitrogen and oxygen atoms in total. The van der Waals surface area contributed by atoms with Gasteiger partial charge in [0.15, 0.2) is 0 Å². The van der Waals surface area contributed by atoms with Crippen molar-refractivity contribution >= 4 is 17.8 Å². The maximum atomic E-state index is 12.9. The summed E-state index contributed by atoms with van der Waals surface area (Å²) in [5.41, 5.74) is 5.50. The van der Waals surface area contributed by atoms with Gasteiger partial charge in [0.1, 0.15) is 12.1 Å². The fraction of sp³-hybridized carbons (Fsp3) is 0.800. The third kappa shape index (κ3) is 45.4. The van der Waals surface area contributed by atoms with Crippen LogP contribution in [0, 0.1) is 0 Å². The summed E-state index contributed by atoms with van der Waals surface area (Å²) in [5, 5.41) is 12.0. The molecule has 0 aliphatic rings. The SMILES string of the molecule is CCCCCCC/C=C\C/C=C\C/C=C\CCCCCCCCCCC(=O)OC(CCC/C=C\CCCCCCCCCC)CCCCCCCC(=O)NC(CCCN)C(=O)O. The Hall–Kier alpha value is -2.67. The van der Waals surface area contributed by atoms with E-state index < -0.39 is 12.0 Å². The van der Waals surface area contributed by atoms with Crippen LogP contribution in [0.5, 0.6) is 0 Å². The summed E-state index contributed by atoms with van der Waals surface area (Å²) in [4.78, 5) is 36.6. The summed E-state index contributed by atoms with van der Waals surface area (Å²) in [6.45, 7) is 4.95. The predicted octanol–water partition coefficient (Wildman–Crippen LogP) is 15.9. The van der Waals surface area contributed by atoms with E-state index in [-0.39, 0.29) is 18.0 Å². The first-order valence-electron chi connectivity index (χ1n) is 26.5. The van der Waals surface area contributed by atoms with Crippen molar-refractivity contribution in [1.29, 1.82) is 0 Å². The maximum Gasteiger partial charge on any atom is 0.326 e. The van der Waals surface area contributed by atoms with E-state index in [1.165, 1.54) is 135 Å². The maximum absolute atomic E-state index is 12.9. The van der Waals surface area contributed by atoms with Crippen molar-refractivity contribution in [2.24, 2.45) is 5.73 Å².